The van der Waals surface area contributed by atoms with Crippen molar-refractivity contribution in [2.75, 3.05) is 6.54 Å². The van der Waals surface area contributed by atoms with Gasteiger partial charge in [0.1, 0.15) is 12.1 Å². The molecule has 0 spiro atoms. The van der Waals surface area contributed by atoms with Crippen LogP contribution in [-0.2, 0) is 16.1 Å². The van der Waals surface area contributed by atoms with Gasteiger partial charge in [-0.25, -0.2) is 4.79 Å². The van der Waals surface area contributed by atoms with Gasteiger partial charge in [-0.05, 0) is 17.5 Å². The molecule has 2 N–H and O–H groups in total. The van der Waals surface area contributed by atoms with Crippen LogP contribution in [0.15, 0.2) is 24.3 Å². The summed E-state index contributed by atoms with van der Waals surface area (Å²) < 4.78 is 0. The first-order chi connectivity index (χ1) is 11.8. The van der Waals surface area contributed by atoms with Crippen molar-refractivity contribution in [2.24, 2.45) is 5.92 Å². The number of benzene rings is 1. The third kappa shape index (κ3) is 3.00. The molecule has 2 heterocycles. The molecule has 3 rings (SSSR count). The number of fused-ring (bicyclic) bond motifs is 1. The lowest BCUT2D eigenvalue weighted by Crippen LogP contribution is -2.54. The molecule has 2 aliphatic heterocycles. The fraction of sp³-hybridized carbons (Fsp3) is 0.500. The van der Waals surface area contributed by atoms with Crippen LogP contribution in [0.2, 0.25) is 0 Å². The third-order valence-corrected chi connectivity index (χ3v) is 4.92. The highest BCUT2D eigenvalue weighted by Gasteiger charge is 2.45. The summed E-state index contributed by atoms with van der Waals surface area (Å²) in [5, 5.41) is 19.2. The Morgan fingerprint density at radius 1 is 1.24 bits per heavy atom. The van der Waals surface area contributed by atoms with Crippen LogP contribution in [0.25, 0.3) is 0 Å². The van der Waals surface area contributed by atoms with Gasteiger partial charge in [0, 0.05) is 25.1 Å². The van der Waals surface area contributed by atoms with Gasteiger partial charge in [-0.3, -0.25) is 9.59 Å². The number of carboxylic acids is 1. The Bertz CT molecular complexity index is 717. The fourth-order valence-electron chi connectivity index (χ4n) is 3.74. The number of nitrogens with zero attached hydrogens (tertiary/aromatic N) is 2. The van der Waals surface area contributed by atoms with E-state index in [1.54, 1.807) is 12.1 Å². The van der Waals surface area contributed by atoms with Gasteiger partial charge >= 0.3 is 5.97 Å². The quantitative estimate of drug-likeness (QED) is 0.837. The first kappa shape index (κ1) is 17.4. The third-order valence-electron chi connectivity index (χ3n) is 4.92. The maximum Gasteiger partial charge on any atom is 0.326 e. The predicted octanol–water partition coefficient (Wildman–Crippen LogP) is 0.713. The molecule has 3 atom stereocenters. The largest absolute Gasteiger partial charge is 0.480 e. The number of carbonyl (C=O) groups is 3. The molecule has 25 heavy (non-hydrogen) atoms. The summed E-state index contributed by atoms with van der Waals surface area (Å²) in [4.78, 5) is 40.0. The Hall–Kier alpha value is -2.41. The van der Waals surface area contributed by atoms with Crippen LogP contribution in [0.4, 0.5) is 0 Å². The zero-order chi connectivity index (χ0) is 18.3. The highest BCUT2D eigenvalue weighted by atomic mass is 16.4. The van der Waals surface area contributed by atoms with Gasteiger partial charge in [0.05, 0.1) is 6.10 Å². The maximum absolute atomic E-state index is 13.1. The minimum Gasteiger partial charge on any atom is -0.480 e. The van der Waals surface area contributed by atoms with Gasteiger partial charge in [-0.1, -0.05) is 32.0 Å². The van der Waals surface area contributed by atoms with E-state index in [0.29, 0.717) is 12.1 Å². The van der Waals surface area contributed by atoms with Gasteiger partial charge < -0.3 is 20.0 Å². The van der Waals surface area contributed by atoms with Crippen LogP contribution in [0.3, 0.4) is 0 Å². The average molecular weight is 346 g/mol. The molecule has 1 saturated heterocycles. The molecule has 7 nitrogen and oxygen atoms in total. The number of amides is 2. The molecule has 1 fully saturated rings. The minimum atomic E-state index is -1.14. The molecular formula is C18H22N2O5. The first-order valence-corrected chi connectivity index (χ1v) is 8.41. The fourth-order valence-corrected chi connectivity index (χ4v) is 3.74. The Morgan fingerprint density at radius 3 is 2.52 bits per heavy atom. The molecule has 1 aromatic carbocycles. The molecule has 0 aliphatic carbocycles. The van der Waals surface area contributed by atoms with Crippen LogP contribution in [0.1, 0.15) is 36.2 Å². The van der Waals surface area contributed by atoms with Crippen molar-refractivity contribution in [3.05, 3.63) is 35.4 Å². The number of carboxylic acid groups (broad SMARTS) is 1. The van der Waals surface area contributed by atoms with E-state index in [1.807, 2.05) is 26.0 Å². The lowest BCUT2D eigenvalue weighted by Gasteiger charge is -2.34. The SMILES string of the molecule is CC(C)C(C(=O)N1C[C@H](O)C[C@H]1C(=O)O)N1Cc2ccccc2C1=O. The van der Waals surface area contributed by atoms with Crippen molar-refractivity contribution < 1.29 is 24.6 Å². The highest BCUT2D eigenvalue weighted by molar-refractivity contribution is 6.01. The summed E-state index contributed by atoms with van der Waals surface area (Å²) in [7, 11) is 0. The highest BCUT2D eigenvalue weighted by Crippen LogP contribution is 2.29. The summed E-state index contributed by atoms with van der Waals surface area (Å²) in [6.45, 7) is 3.98. The molecule has 1 aromatic rings. The van der Waals surface area contributed by atoms with Crippen molar-refractivity contribution in [3.63, 3.8) is 0 Å². The van der Waals surface area contributed by atoms with E-state index in [1.165, 1.54) is 9.80 Å². The van der Waals surface area contributed by atoms with E-state index in [9.17, 15) is 24.6 Å². The Kier molecular flexibility index (Phi) is 4.51. The standard InChI is InChI=1S/C18H22N2O5/c1-10(2)15(17(23)19-9-12(21)7-14(19)18(24)25)20-8-11-5-3-4-6-13(11)16(20)22/h3-6,10,12,14-15,21H,7-9H2,1-2H3,(H,24,25)/t12-,14+,15?/m1/s1. The summed E-state index contributed by atoms with van der Waals surface area (Å²) in [5.74, 6) is -1.95. The lowest BCUT2D eigenvalue weighted by molar-refractivity contribution is -0.150. The van der Waals surface area contributed by atoms with E-state index in [2.05, 4.69) is 0 Å². The van der Waals surface area contributed by atoms with Crippen molar-refractivity contribution in [2.45, 2.75) is 45.0 Å². The number of hydrogen-bond acceptors (Lipinski definition) is 4. The molecule has 134 valence electrons. The molecule has 7 heteroatoms. The van der Waals surface area contributed by atoms with E-state index in [-0.39, 0.29) is 24.8 Å². The summed E-state index contributed by atoms with van der Waals surface area (Å²) in [6.07, 6.45) is -0.843. The minimum absolute atomic E-state index is 0.0139. The second kappa shape index (κ2) is 6.48. The van der Waals surface area contributed by atoms with Gasteiger partial charge in [-0.2, -0.15) is 0 Å². The normalized spacial score (nSPS) is 23.9. The molecule has 0 aromatic heterocycles. The monoisotopic (exact) mass is 346 g/mol. The van der Waals surface area contributed by atoms with Crippen LogP contribution in [0.5, 0.6) is 0 Å². The number of β-amino-alcohol motifs (C(OH)–C–C–N with tert-alkyl or cyclic N) is 1. The molecule has 0 radical (unpaired) electrons. The topological polar surface area (TPSA) is 98.2 Å². The Balaban J connectivity index is 1.89. The Morgan fingerprint density at radius 2 is 1.92 bits per heavy atom. The van der Waals surface area contributed by atoms with E-state index < -0.39 is 30.1 Å². The molecule has 1 unspecified atom stereocenters. The number of hydrogen-bond donors (Lipinski definition) is 2. The number of carbonyl (C=O) groups excluding carboxylic acids is 2. The van der Waals surface area contributed by atoms with Gasteiger partial charge in [-0.15, -0.1) is 0 Å². The number of rotatable bonds is 4. The van der Waals surface area contributed by atoms with Gasteiger partial charge in [0.15, 0.2) is 0 Å². The van der Waals surface area contributed by atoms with Crippen molar-refractivity contribution in [3.8, 4) is 0 Å². The Labute approximate surface area is 145 Å². The summed E-state index contributed by atoms with van der Waals surface area (Å²) in [5.41, 5.74) is 1.44. The zero-order valence-electron chi connectivity index (χ0n) is 14.3. The lowest BCUT2D eigenvalue weighted by atomic mass is 10.0. The van der Waals surface area contributed by atoms with Crippen LogP contribution in [0, 0.1) is 5.92 Å². The molecule has 0 saturated carbocycles. The van der Waals surface area contributed by atoms with Gasteiger partial charge in [0.2, 0.25) is 5.91 Å². The van der Waals surface area contributed by atoms with E-state index in [4.69, 9.17) is 0 Å². The number of aliphatic hydroxyl groups excluding tert-OH is 1. The first-order valence-electron chi connectivity index (χ1n) is 8.41. The molecule has 0 bridgehead atoms. The zero-order valence-corrected chi connectivity index (χ0v) is 14.3. The van der Waals surface area contributed by atoms with Crippen molar-refractivity contribution in [1.29, 1.82) is 0 Å². The van der Waals surface area contributed by atoms with Crippen LogP contribution >= 0.6 is 0 Å². The maximum atomic E-state index is 13.1. The van der Waals surface area contributed by atoms with Crippen molar-refractivity contribution >= 4 is 17.8 Å². The van der Waals surface area contributed by atoms with E-state index in [0.717, 1.165) is 5.56 Å². The van der Waals surface area contributed by atoms with Crippen LogP contribution < -0.4 is 0 Å². The number of aliphatic hydroxyl groups is 1. The average Bonchev–Trinajstić information content (AvgIpc) is 3.09. The molecule has 2 amide bonds. The molecular weight excluding hydrogens is 324 g/mol. The number of likely N-dealkylation sites (tertiary alicyclic amines) is 1. The van der Waals surface area contributed by atoms with E-state index >= 15 is 0 Å². The summed E-state index contributed by atoms with van der Waals surface area (Å²) in [6, 6.07) is 5.41. The predicted molar refractivity (Wildman–Crippen MR) is 88.7 cm³/mol. The van der Waals surface area contributed by atoms with Crippen molar-refractivity contribution in [1.82, 2.24) is 9.80 Å². The second-order valence-electron chi connectivity index (χ2n) is 7.01. The summed E-state index contributed by atoms with van der Waals surface area (Å²) >= 11 is 0. The number of aliphatic carboxylic acids is 1. The smallest absolute Gasteiger partial charge is 0.326 e. The van der Waals surface area contributed by atoms with Gasteiger partial charge in [0.25, 0.3) is 5.91 Å². The second-order valence-corrected chi connectivity index (χ2v) is 7.01. The van der Waals surface area contributed by atoms with Crippen LogP contribution in [-0.4, -0.2) is 62.5 Å². The molecule has 2 aliphatic rings.